The van der Waals surface area contributed by atoms with Crippen molar-refractivity contribution in [1.29, 1.82) is 0 Å². The number of nitrogen functional groups attached to an aromatic ring is 2. The predicted octanol–water partition coefficient (Wildman–Crippen LogP) is 1.97. The van der Waals surface area contributed by atoms with Gasteiger partial charge in [0.15, 0.2) is 0 Å². The zero-order valence-corrected chi connectivity index (χ0v) is 11.0. The Morgan fingerprint density at radius 1 is 1.17 bits per heavy atom. The number of amides is 1. The van der Waals surface area contributed by atoms with Gasteiger partial charge in [0.25, 0.3) is 5.91 Å². The number of hydrogen-bond acceptors (Lipinski definition) is 3. The van der Waals surface area contributed by atoms with E-state index < -0.39 is 0 Å². The molecule has 98 valence electrons. The average molecular weight is 247 g/mol. The summed E-state index contributed by atoms with van der Waals surface area (Å²) in [4.78, 5) is 14.3. The third-order valence-electron chi connectivity index (χ3n) is 3.85. The molecule has 1 aliphatic rings. The maximum absolute atomic E-state index is 12.4. The molecule has 0 saturated carbocycles. The number of hydrogen-bond donors (Lipinski definition) is 2. The minimum absolute atomic E-state index is 0.0350. The molecule has 0 bridgehead atoms. The summed E-state index contributed by atoms with van der Waals surface area (Å²) >= 11 is 0. The monoisotopic (exact) mass is 247 g/mol. The van der Waals surface area contributed by atoms with Crippen molar-refractivity contribution in [2.45, 2.75) is 20.3 Å². The summed E-state index contributed by atoms with van der Waals surface area (Å²) in [7, 11) is 0. The van der Waals surface area contributed by atoms with Crippen molar-refractivity contribution in [2.24, 2.45) is 11.8 Å². The first kappa shape index (κ1) is 12.7. The smallest absolute Gasteiger partial charge is 0.254 e. The molecule has 0 aromatic heterocycles. The zero-order chi connectivity index (χ0) is 13.3. The number of nitrogens with two attached hydrogens (primary N) is 2. The molecule has 1 aromatic carbocycles. The van der Waals surface area contributed by atoms with E-state index in [2.05, 4.69) is 13.8 Å². The molecule has 1 fully saturated rings. The fraction of sp³-hybridized carbons (Fsp3) is 0.500. The van der Waals surface area contributed by atoms with Crippen molar-refractivity contribution in [3.8, 4) is 0 Å². The van der Waals surface area contributed by atoms with Gasteiger partial charge in [-0.1, -0.05) is 13.8 Å². The van der Waals surface area contributed by atoms with E-state index in [1.165, 1.54) is 0 Å². The largest absolute Gasteiger partial charge is 0.399 e. The topological polar surface area (TPSA) is 72.3 Å². The van der Waals surface area contributed by atoms with Gasteiger partial charge in [-0.25, -0.2) is 0 Å². The van der Waals surface area contributed by atoms with Crippen LogP contribution in [0.15, 0.2) is 18.2 Å². The molecule has 4 heteroatoms. The van der Waals surface area contributed by atoms with E-state index >= 15 is 0 Å². The molecule has 1 heterocycles. The van der Waals surface area contributed by atoms with E-state index in [1.807, 2.05) is 4.90 Å². The van der Waals surface area contributed by atoms with Crippen LogP contribution in [0.3, 0.4) is 0 Å². The van der Waals surface area contributed by atoms with Crippen LogP contribution in [0.4, 0.5) is 11.4 Å². The number of nitrogens with zero attached hydrogens (tertiary/aromatic N) is 1. The number of rotatable bonds is 1. The molecule has 1 aromatic rings. The lowest BCUT2D eigenvalue weighted by Gasteiger charge is -2.35. The van der Waals surface area contributed by atoms with Gasteiger partial charge in [0.1, 0.15) is 0 Å². The number of benzene rings is 1. The van der Waals surface area contributed by atoms with Gasteiger partial charge in [0, 0.05) is 30.0 Å². The van der Waals surface area contributed by atoms with Crippen LogP contribution in [0.2, 0.25) is 0 Å². The van der Waals surface area contributed by atoms with E-state index in [0.717, 1.165) is 19.5 Å². The number of piperidine rings is 1. The van der Waals surface area contributed by atoms with Crippen molar-refractivity contribution in [3.63, 3.8) is 0 Å². The highest BCUT2D eigenvalue weighted by Crippen LogP contribution is 2.24. The van der Waals surface area contributed by atoms with Gasteiger partial charge in [-0.15, -0.1) is 0 Å². The summed E-state index contributed by atoms with van der Waals surface area (Å²) < 4.78 is 0. The van der Waals surface area contributed by atoms with E-state index in [4.69, 9.17) is 11.5 Å². The molecular formula is C14H21N3O. The van der Waals surface area contributed by atoms with Gasteiger partial charge in [0.05, 0.1) is 0 Å². The highest BCUT2D eigenvalue weighted by Gasteiger charge is 2.26. The molecule has 1 amide bonds. The molecule has 0 radical (unpaired) electrons. The van der Waals surface area contributed by atoms with Gasteiger partial charge in [-0.2, -0.15) is 0 Å². The van der Waals surface area contributed by atoms with E-state index in [9.17, 15) is 4.79 Å². The third kappa shape index (κ3) is 2.58. The van der Waals surface area contributed by atoms with E-state index in [-0.39, 0.29) is 5.91 Å². The van der Waals surface area contributed by atoms with Crippen LogP contribution < -0.4 is 11.5 Å². The lowest BCUT2D eigenvalue weighted by molar-refractivity contribution is 0.0627. The predicted molar refractivity (Wildman–Crippen MR) is 74.1 cm³/mol. The summed E-state index contributed by atoms with van der Waals surface area (Å²) in [5.41, 5.74) is 13.1. The molecule has 2 rings (SSSR count). The van der Waals surface area contributed by atoms with Crippen LogP contribution in [0.5, 0.6) is 0 Å². The first-order valence-corrected chi connectivity index (χ1v) is 6.42. The highest BCUT2D eigenvalue weighted by atomic mass is 16.2. The summed E-state index contributed by atoms with van der Waals surface area (Å²) in [6, 6.07) is 5.06. The van der Waals surface area contributed by atoms with Crippen LogP contribution >= 0.6 is 0 Å². The lowest BCUT2D eigenvalue weighted by atomic mass is 9.88. The fourth-order valence-electron chi connectivity index (χ4n) is 2.43. The summed E-state index contributed by atoms with van der Waals surface area (Å²) in [5.74, 6) is 1.26. The maximum Gasteiger partial charge on any atom is 0.254 e. The Morgan fingerprint density at radius 2 is 1.78 bits per heavy atom. The maximum atomic E-state index is 12.4. The van der Waals surface area contributed by atoms with Gasteiger partial charge in [-0.05, 0) is 36.5 Å². The molecule has 2 atom stereocenters. The second-order valence-corrected chi connectivity index (χ2v) is 5.38. The Bertz CT molecular complexity index is 438. The number of anilines is 2. The van der Waals surface area contributed by atoms with Gasteiger partial charge >= 0.3 is 0 Å². The molecule has 2 unspecified atom stereocenters. The third-order valence-corrected chi connectivity index (χ3v) is 3.85. The molecular weight excluding hydrogens is 226 g/mol. The Kier molecular flexibility index (Phi) is 3.45. The molecule has 4 nitrogen and oxygen atoms in total. The van der Waals surface area contributed by atoms with Crippen LogP contribution in [0, 0.1) is 11.8 Å². The van der Waals surface area contributed by atoms with Gasteiger partial charge in [-0.3, -0.25) is 4.79 Å². The van der Waals surface area contributed by atoms with Crippen molar-refractivity contribution in [1.82, 2.24) is 4.90 Å². The molecule has 4 N–H and O–H groups in total. The zero-order valence-electron chi connectivity index (χ0n) is 11.0. The Hall–Kier alpha value is -1.71. The number of likely N-dealkylation sites (tertiary alicyclic amines) is 1. The van der Waals surface area contributed by atoms with E-state index in [0.29, 0.717) is 28.8 Å². The summed E-state index contributed by atoms with van der Waals surface area (Å²) in [6.07, 6.45) is 1.06. The second-order valence-electron chi connectivity index (χ2n) is 5.38. The van der Waals surface area contributed by atoms with Gasteiger partial charge in [0.2, 0.25) is 0 Å². The number of carbonyl (C=O) groups excluding carboxylic acids is 1. The SMILES string of the molecule is CC1CCN(C(=O)c2cc(N)cc(N)c2)CC1C. The Labute approximate surface area is 108 Å². The first-order chi connectivity index (χ1) is 8.47. The summed E-state index contributed by atoms with van der Waals surface area (Å²) in [6.45, 7) is 6.07. The molecule has 0 aliphatic carbocycles. The van der Waals surface area contributed by atoms with Gasteiger partial charge < -0.3 is 16.4 Å². The normalized spacial score (nSPS) is 24.0. The van der Waals surface area contributed by atoms with Crippen molar-refractivity contribution < 1.29 is 4.79 Å². The quantitative estimate of drug-likeness (QED) is 0.745. The molecule has 1 aliphatic heterocycles. The van der Waals surface area contributed by atoms with Crippen molar-refractivity contribution in [3.05, 3.63) is 23.8 Å². The highest BCUT2D eigenvalue weighted by molar-refractivity contribution is 5.96. The standard InChI is InChI=1S/C14H21N3O/c1-9-3-4-17(8-10(9)2)14(18)11-5-12(15)7-13(16)6-11/h5-7,9-10H,3-4,8,15-16H2,1-2H3. The average Bonchev–Trinajstić information content (AvgIpc) is 2.30. The Balaban J connectivity index is 2.16. The van der Waals surface area contributed by atoms with Crippen molar-refractivity contribution >= 4 is 17.3 Å². The minimum Gasteiger partial charge on any atom is -0.399 e. The summed E-state index contributed by atoms with van der Waals surface area (Å²) in [5, 5.41) is 0. The molecule has 1 saturated heterocycles. The lowest BCUT2D eigenvalue weighted by Crippen LogP contribution is -2.42. The van der Waals surface area contributed by atoms with Crippen LogP contribution in [-0.4, -0.2) is 23.9 Å². The first-order valence-electron chi connectivity index (χ1n) is 6.42. The van der Waals surface area contributed by atoms with Crippen molar-refractivity contribution in [2.75, 3.05) is 24.6 Å². The minimum atomic E-state index is 0.0350. The molecule has 18 heavy (non-hydrogen) atoms. The Morgan fingerprint density at radius 3 is 2.33 bits per heavy atom. The fourth-order valence-corrected chi connectivity index (χ4v) is 2.43. The van der Waals surface area contributed by atoms with Crippen LogP contribution in [0.1, 0.15) is 30.6 Å². The van der Waals surface area contributed by atoms with Crippen LogP contribution in [0.25, 0.3) is 0 Å². The van der Waals surface area contributed by atoms with Crippen LogP contribution in [-0.2, 0) is 0 Å². The number of carbonyl (C=O) groups is 1. The van der Waals surface area contributed by atoms with E-state index in [1.54, 1.807) is 18.2 Å². The molecule has 0 spiro atoms. The second kappa shape index (κ2) is 4.88.